The van der Waals surface area contributed by atoms with E-state index >= 15 is 0 Å². The summed E-state index contributed by atoms with van der Waals surface area (Å²) in [4.78, 5) is 14.9. The number of hydrogen-bond donors (Lipinski definition) is 2. The molecule has 0 fully saturated rings. The largest absolute Gasteiger partial charge is 0.493 e. The predicted octanol–water partition coefficient (Wildman–Crippen LogP) is 0.816. The first-order valence-electron chi connectivity index (χ1n) is 5.32. The molecule has 96 valence electrons. The van der Waals surface area contributed by atoms with E-state index in [4.69, 9.17) is 10.3 Å². The molecule has 1 aromatic carbocycles. The normalized spacial score (nSPS) is 9.68. The molecule has 0 unspecified atom stereocenters. The number of rotatable bonds is 0. The van der Waals surface area contributed by atoms with Gasteiger partial charge in [-0.2, -0.15) is 0 Å². The molecule has 7 heteroatoms. The van der Waals surface area contributed by atoms with Crippen molar-refractivity contribution in [2.24, 2.45) is 0 Å². The second-order valence-corrected chi connectivity index (χ2v) is 3.49. The van der Waals surface area contributed by atoms with Gasteiger partial charge in [0.05, 0.1) is 5.39 Å². The van der Waals surface area contributed by atoms with Gasteiger partial charge in [-0.05, 0) is 28.3 Å². The van der Waals surface area contributed by atoms with Gasteiger partial charge in [0, 0.05) is 12.3 Å². The molecule has 0 saturated heterocycles. The van der Waals surface area contributed by atoms with Gasteiger partial charge in [-0.25, -0.2) is 4.98 Å². The SMILES string of the molecule is O=c1c2ccccc2nnn1O.Oc1ccccn1. The molecule has 19 heavy (non-hydrogen) atoms. The number of hydrogen-bond acceptors (Lipinski definition) is 6. The van der Waals surface area contributed by atoms with E-state index in [2.05, 4.69) is 15.3 Å². The third-order valence-corrected chi connectivity index (χ3v) is 2.20. The van der Waals surface area contributed by atoms with Gasteiger partial charge in [0.15, 0.2) is 0 Å². The summed E-state index contributed by atoms with van der Waals surface area (Å²) >= 11 is 0. The Kier molecular flexibility index (Phi) is 3.67. The second-order valence-electron chi connectivity index (χ2n) is 3.49. The summed E-state index contributed by atoms with van der Waals surface area (Å²) in [7, 11) is 0. The van der Waals surface area contributed by atoms with Gasteiger partial charge in [0.2, 0.25) is 5.88 Å². The van der Waals surface area contributed by atoms with Crippen molar-refractivity contribution in [2.75, 3.05) is 0 Å². The van der Waals surface area contributed by atoms with E-state index < -0.39 is 5.56 Å². The lowest BCUT2D eigenvalue weighted by molar-refractivity contribution is 0.127. The summed E-state index contributed by atoms with van der Waals surface area (Å²) in [6.45, 7) is 0. The minimum atomic E-state index is -0.555. The molecule has 2 heterocycles. The minimum absolute atomic E-state index is 0.0718. The van der Waals surface area contributed by atoms with Crippen LogP contribution in [-0.4, -0.2) is 30.5 Å². The number of aromatic hydroxyl groups is 1. The maximum atomic E-state index is 11.1. The summed E-state index contributed by atoms with van der Waals surface area (Å²) < 4.78 is 0. The van der Waals surface area contributed by atoms with Crippen LogP contribution in [0.2, 0.25) is 0 Å². The molecular formula is C12H10N4O3. The highest BCUT2D eigenvalue weighted by molar-refractivity contribution is 5.76. The van der Waals surface area contributed by atoms with Gasteiger partial charge in [-0.15, -0.1) is 5.10 Å². The molecule has 0 atom stereocenters. The maximum Gasteiger partial charge on any atom is 0.314 e. The van der Waals surface area contributed by atoms with Crippen molar-refractivity contribution in [3.8, 4) is 5.88 Å². The van der Waals surface area contributed by atoms with Gasteiger partial charge < -0.3 is 10.3 Å². The monoisotopic (exact) mass is 258 g/mol. The van der Waals surface area contributed by atoms with Crippen LogP contribution in [0.5, 0.6) is 5.88 Å². The highest BCUT2D eigenvalue weighted by Gasteiger charge is 2.01. The Morgan fingerprint density at radius 1 is 1.05 bits per heavy atom. The summed E-state index contributed by atoms with van der Waals surface area (Å²) in [6, 6.07) is 11.7. The van der Waals surface area contributed by atoms with Crippen LogP contribution in [0.25, 0.3) is 10.9 Å². The smallest absolute Gasteiger partial charge is 0.314 e. The highest BCUT2D eigenvalue weighted by atomic mass is 16.5. The van der Waals surface area contributed by atoms with E-state index in [0.717, 1.165) is 0 Å². The van der Waals surface area contributed by atoms with Gasteiger partial charge >= 0.3 is 5.56 Å². The average molecular weight is 258 g/mol. The lowest BCUT2D eigenvalue weighted by atomic mass is 10.2. The molecule has 0 amide bonds. The fraction of sp³-hybridized carbons (Fsp3) is 0. The molecule has 0 bridgehead atoms. The van der Waals surface area contributed by atoms with Crippen LogP contribution in [0, 0.1) is 0 Å². The Balaban J connectivity index is 0.000000163. The first-order chi connectivity index (χ1) is 9.18. The van der Waals surface area contributed by atoms with E-state index in [0.29, 0.717) is 10.9 Å². The van der Waals surface area contributed by atoms with Crippen molar-refractivity contribution in [1.82, 2.24) is 20.1 Å². The van der Waals surface area contributed by atoms with Crippen molar-refractivity contribution >= 4 is 10.9 Å². The minimum Gasteiger partial charge on any atom is -0.493 e. The Morgan fingerprint density at radius 3 is 2.42 bits per heavy atom. The second kappa shape index (κ2) is 5.58. The van der Waals surface area contributed by atoms with Crippen LogP contribution in [0.1, 0.15) is 0 Å². The fourth-order valence-corrected chi connectivity index (χ4v) is 1.33. The zero-order valence-electron chi connectivity index (χ0n) is 9.71. The van der Waals surface area contributed by atoms with Crippen LogP contribution in [0.4, 0.5) is 0 Å². The zero-order valence-corrected chi connectivity index (χ0v) is 9.71. The molecule has 0 aliphatic heterocycles. The number of benzene rings is 1. The van der Waals surface area contributed by atoms with E-state index in [1.807, 2.05) is 0 Å². The highest BCUT2D eigenvalue weighted by Crippen LogP contribution is 2.02. The number of pyridine rings is 1. The molecule has 0 saturated carbocycles. The lowest BCUT2D eigenvalue weighted by Gasteiger charge is -1.94. The summed E-state index contributed by atoms with van der Waals surface area (Å²) in [6.07, 6.45) is 1.54. The average Bonchev–Trinajstić information content (AvgIpc) is 2.45. The van der Waals surface area contributed by atoms with Crippen LogP contribution in [0.15, 0.2) is 53.5 Å². The van der Waals surface area contributed by atoms with Crippen molar-refractivity contribution in [3.05, 3.63) is 59.0 Å². The molecule has 3 rings (SSSR count). The number of aromatic nitrogens is 4. The van der Waals surface area contributed by atoms with Gasteiger partial charge in [0.1, 0.15) is 5.52 Å². The summed E-state index contributed by atoms with van der Waals surface area (Å²) in [5.41, 5.74) is -0.0756. The van der Waals surface area contributed by atoms with Crippen molar-refractivity contribution < 1.29 is 10.3 Å². The molecular weight excluding hydrogens is 248 g/mol. The van der Waals surface area contributed by atoms with Crippen LogP contribution >= 0.6 is 0 Å². The number of fused-ring (bicyclic) bond motifs is 1. The Labute approximate surface area is 107 Å². The van der Waals surface area contributed by atoms with Crippen molar-refractivity contribution in [3.63, 3.8) is 0 Å². The Morgan fingerprint density at radius 2 is 1.79 bits per heavy atom. The quantitative estimate of drug-likeness (QED) is 0.579. The first-order valence-corrected chi connectivity index (χ1v) is 5.32. The van der Waals surface area contributed by atoms with Gasteiger partial charge in [0.25, 0.3) is 0 Å². The summed E-state index contributed by atoms with van der Waals surface area (Å²) in [5, 5.41) is 24.5. The van der Waals surface area contributed by atoms with Gasteiger partial charge in [-0.3, -0.25) is 4.79 Å². The Bertz CT molecular complexity index is 728. The Hall–Kier alpha value is -2.96. The van der Waals surface area contributed by atoms with E-state index in [9.17, 15) is 4.79 Å². The van der Waals surface area contributed by atoms with E-state index in [1.54, 1.807) is 36.4 Å². The maximum absolute atomic E-state index is 11.1. The van der Waals surface area contributed by atoms with Crippen LogP contribution in [-0.2, 0) is 0 Å². The number of nitrogens with zero attached hydrogens (tertiary/aromatic N) is 4. The molecule has 0 radical (unpaired) electrons. The topological polar surface area (TPSA) is 101 Å². The molecule has 0 aliphatic rings. The molecule has 3 aromatic rings. The predicted molar refractivity (Wildman–Crippen MR) is 66.9 cm³/mol. The summed E-state index contributed by atoms with van der Waals surface area (Å²) in [5.74, 6) is 0.0718. The molecule has 0 spiro atoms. The molecule has 2 aromatic heterocycles. The van der Waals surface area contributed by atoms with E-state index in [1.165, 1.54) is 12.3 Å². The fourth-order valence-electron chi connectivity index (χ4n) is 1.33. The van der Waals surface area contributed by atoms with Gasteiger partial charge in [-0.1, -0.05) is 18.2 Å². The third-order valence-electron chi connectivity index (χ3n) is 2.20. The van der Waals surface area contributed by atoms with Crippen molar-refractivity contribution in [1.29, 1.82) is 0 Å². The van der Waals surface area contributed by atoms with E-state index in [-0.39, 0.29) is 10.7 Å². The molecule has 7 nitrogen and oxygen atoms in total. The zero-order chi connectivity index (χ0) is 13.7. The lowest BCUT2D eigenvalue weighted by Crippen LogP contribution is -2.21. The third kappa shape index (κ3) is 3.03. The molecule has 2 N–H and O–H groups in total. The van der Waals surface area contributed by atoms with Crippen LogP contribution in [0.3, 0.4) is 0 Å². The van der Waals surface area contributed by atoms with Crippen LogP contribution < -0.4 is 5.56 Å². The standard InChI is InChI=1S/C7H5N3O2.C5H5NO/c11-7-5-3-1-2-4-6(5)8-9-10(7)12;7-5-3-1-2-4-6-5/h1-4,12H;1-4H,(H,6,7). The van der Waals surface area contributed by atoms with Crippen molar-refractivity contribution in [2.45, 2.75) is 0 Å². The molecule has 0 aliphatic carbocycles. The first kappa shape index (κ1) is 12.5.